The van der Waals surface area contributed by atoms with Crippen molar-refractivity contribution in [1.82, 2.24) is 10.2 Å². The third-order valence-corrected chi connectivity index (χ3v) is 5.11. The van der Waals surface area contributed by atoms with Crippen LogP contribution in [0.2, 0.25) is 0 Å². The monoisotopic (exact) mass is 298 g/mol. The van der Waals surface area contributed by atoms with Crippen molar-refractivity contribution >= 4 is 0 Å². The van der Waals surface area contributed by atoms with Gasteiger partial charge in [-0.3, -0.25) is 0 Å². The van der Waals surface area contributed by atoms with Crippen LogP contribution >= 0.6 is 0 Å². The topological polar surface area (TPSA) is 35.5 Å². The van der Waals surface area contributed by atoms with E-state index in [1.54, 1.807) is 0 Å². The Morgan fingerprint density at radius 3 is 2.33 bits per heavy atom. The van der Waals surface area contributed by atoms with E-state index in [1.165, 1.54) is 32.4 Å². The molecule has 0 saturated carbocycles. The Balaban J connectivity index is 2.56. The number of nitrogens with zero attached hydrogens (tertiary/aromatic N) is 1. The van der Waals surface area contributed by atoms with Gasteiger partial charge in [0.2, 0.25) is 0 Å². The second-order valence-corrected chi connectivity index (χ2v) is 8.04. The Bertz CT molecular complexity index is 293. The van der Waals surface area contributed by atoms with E-state index in [9.17, 15) is 5.11 Å². The van der Waals surface area contributed by atoms with Crippen LogP contribution in [-0.2, 0) is 0 Å². The Morgan fingerprint density at radius 2 is 1.81 bits per heavy atom. The lowest BCUT2D eigenvalue weighted by Crippen LogP contribution is -2.53. The van der Waals surface area contributed by atoms with Crippen LogP contribution in [0.15, 0.2) is 0 Å². The van der Waals surface area contributed by atoms with Crippen LogP contribution in [0, 0.1) is 11.8 Å². The quantitative estimate of drug-likeness (QED) is 0.757. The van der Waals surface area contributed by atoms with Crippen LogP contribution in [0.5, 0.6) is 0 Å². The van der Waals surface area contributed by atoms with E-state index in [0.29, 0.717) is 12.1 Å². The van der Waals surface area contributed by atoms with Gasteiger partial charge in [-0.15, -0.1) is 0 Å². The number of aliphatic hydroxyl groups is 1. The van der Waals surface area contributed by atoms with Crippen molar-refractivity contribution in [1.29, 1.82) is 0 Å². The van der Waals surface area contributed by atoms with Gasteiger partial charge in [0.15, 0.2) is 0 Å². The third kappa shape index (κ3) is 6.25. The maximum absolute atomic E-state index is 9.77. The summed E-state index contributed by atoms with van der Waals surface area (Å²) in [7, 11) is 0. The zero-order chi connectivity index (χ0) is 16.0. The first-order valence-electron chi connectivity index (χ1n) is 8.90. The summed E-state index contributed by atoms with van der Waals surface area (Å²) in [5.74, 6) is 1.70. The van der Waals surface area contributed by atoms with Crippen molar-refractivity contribution in [3.8, 4) is 0 Å². The molecule has 3 heteroatoms. The lowest BCUT2D eigenvalue weighted by Gasteiger charge is -2.37. The summed E-state index contributed by atoms with van der Waals surface area (Å²) in [5.41, 5.74) is -0.169. The van der Waals surface area contributed by atoms with Gasteiger partial charge in [0, 0.05) is 17.6 Å². The lowest BCUT2D eigenvalue weighted by atomic mass is 9.89. The van der Waals surface area contributed by atoms with Gasteiger partial charge in [-0.1, -0.05) is 27.7 Å². The summed E-state index contributed by atoms with van der Waals surface area (Å²) in [4.78, 5) is 2.64. The molecular formula is C18H38N2O. The van der Waals surface area contributed by atoms with Crippen molar-refractivity contribution in [2.45, 2.75) is 84.8 Å². The minimum atomic E-state index is -0.169. The van der Waals surface area contributed by atoms with Crippen LogP contribution in [0.1, 0.15) is 67.2 Å². The summed E-state index contributed by atoms with van der Waals surface area (Å²) in [5, 5.41) is 13.3. The van der Waals surface area contributed by atoms with E-state index in [0.717, 1.165) is 18.3 Å². The van der Waals surface area contributed by atoms with E-state index in [2.05, 4.69) is 51.8 Å². The van der Waals surface area contributed by atoms with Crippen molar-refractivity contribution in [2.24, 2.45) is 11.8 Å². The molecule has 0 aliphatic carbocycles. The predicted molar refractivity (Wildman–Crippen MR) is 91.6 cm³/mol. The molecule has 0 amide bonds. The molecule has 0 aromatic carbocycles. The van der Waals surface area contributed by atoms with E-state index in [1.807, 2.05) is 0 Å². The fourth-order valence-electron chi connectivity index (χ4n) is 3.90. The molecule has 1 rings (SSSR count). The van der Waals surface area contributed by atoms with Gasteiger partial charge in [0.05, 0.1) is 6.61 Å². The second-order valence-electron chi connectivity index (χ2n) is 8.04. The maximum atomic E-state index is 9.77. The Kier molecular flexibility index (Phi) is 7.66. The molecule has 0 bridgehead atoms. The SMILES string of the molecule is CC(C)NC(C)(CO)CC(C)N1CCCC(C(C)C)CC1. The second kappa shape index (κ2) is 8.50. The molecule has 1 aliphatic heterocycles. The molecule has 126 valence electrons. The largest absolute Gasteiger partial charge is 0.394 e. The molecule has 0 spiro atoms. The van der Waals surface area contributed by atoms with Gasteiger partial charge in [0.25, 0.3) is 0 Å². The molecule has 3 unspecified atom stereocenters. The average molecular weight is 299 g/mol. The zero-order valence-electron chi connectivity index (χ0n) is 15.2. The van der Waals surface area contributed by atoms with Crippen molar-refractivity contribution in [3.63, 3.8) is 0 Å². The summed E-state index contributed by atoms with van der Waals surface area (Å²) < 4.78 is 0. The number of aliphatic hydroxyl groups excluding tert-OH is 1. The summed E-state index contributed by atoms with van der Waals surface area (Å²) >= 11 is 0. The van der Waals surface area contributed by atoms with E-state index in [-0.39, 0.29) is 12.1 Å². The maximum Gasteiger partial charge on any atom is 0.0611 e. The molecule has 0 radical (unpaired) electrons. The average Bonchev–Trinajstić information content (AvgIpc) is 2.63. The summed E-state index contributed by atoms with van der Waals surface area (Å²) in [6.45, 7) is 16.1. The van der Waals surface area contributed by atoms with Crippen LogP contribution in [0.25, 0.3) is 0 Å². The van der Waals surface area contributed by atoms with Crippen LogP contribution < -0.4 is 5.32 Å². The molecular weight excluding hydrogens is 260 g/mol. The van der Waals surface area contributed by atoms with Crippen LogP contribution in [-0.4, -0.2) is 47.3 Å². The molecule has 0 aromatic heterocycles. The van der Waals surface area contributed by atoms with E-state index >= 15 is 0 Å². The van der Waals surface area contributed by atoms with Gasteiger partial charge >= 0.3 is 0 Å². The van der Waals surface area contributed by atoms with E-state index < -0.39 is 0 Å². The molecule has 1 saturated heterocycles. The van der Waals surface area contributed by atoms with Crippen LogP contribution in [0.3, 0.4) is 0 Å². The fourth-order valence-corrected chi connectivity index (χ4v) is 3.90. The third-order valence-electron chi connectivity index (χ3n) is 5.11. The first-order valence-corrected chi connectivity index (χ1v) is 8.90. The van der Waals surface area contributed by atoms with Gasteiger partial charge in [0.1, 0.15) is 0 Å². The number of nitrogens with one attached hydrogen (secondary N) is 1. The van der Waals surface area contributed by atoms with Crippen molar-refractivity contribution in [2.75, 3.05) is 19.7 Å². The molecule has 3 atom stereocenters. The molecule has 21 heavy (non-hydrogen) atoms. The Hall–Kier alpha value is -0.120. The summed E-state index contributed by atoms with van der Waals surface area (Å²) in [6.07, 6.45) is 5.03. The smallest absolute Gasteiger partial charge is 0.0611 e. The minimum Gasteiger partial charge on any atom is -0.394 e. The molecule has 3 nitrogen and oxygen atoms in total. The molecule has 1 fully saturated rings. The Morgan fingerprint density at radius 1 is 1.14 bits per heavy atom. The van der Waals surface area contributed by atoms with Crippen molar-refractivity contribution in [3.05, 3.63) is 0 Å². The van der Waals surface area contributed by atoms with E-state index in [4.69, 9.17) is 0 Å². The first kappa shape index (κ1) is 18.9. The normalized spacial score (nSPS) is 25.9. The minimum absolute atomic E-state index is 0.169. The van der Waals surface area contributed by atoms with Gasteiger partial charge in [-0.25, -0.2) is 0 Å². The highest BCUT2D eigenvalue weighted by Crippen LogP contribution is 2.27. The highest BCUT2D eigenvalue weighted by Gasteiger charge is 2.30. The molecule has 0 aromatic rings. The van der Waals surface area contributed by atoms with Gasteiger partial charge < -0.3 is 15.3 Å². The zero-order valence-corrected chi connectivity index (χ0v) is 15.2. The number of hydrogen-bond donors (Lipinski definition) is 2. The molecule has 1 aliphatic rings. The number of likely N-dealkylation sites (tertiary alicyclic amines) is 1. The predicted octanol–water partition coefficient (Wildman–Crippen LogP) is 3.27. The fraction of sp³-hybridized carbons (Fsp3) is 1.00. The first-order chi connectivity index (χ1) is 9.77. The Labute approximate surface area is 132 Å². The lowest BCUT2D eigenvalue weighted by molar-refractivity contribution is 0.109. The van der Waals surface area contributed by atoms with Gasteiger partial charge in [-0.2, -0.15) is 0 Å². The number of hydrogen-bond acceptors (Lipinski definition) is 3. The molecule has 1 heterocycles. The standard InChI is InChI=1S/C18H38N2O/c1-14(2)17-8-7-10-20(11-9-17)16(5)12-18(6,13-21)19-15(3)4/h14-17,19,21H,7-13H2,1-6H3. The number of rotatable bonds is 7. The highest BCUT2D eigenvalue weighted by molar-refractivity contribution is 4.89. The van der Waals surface area contributed by atoms with Crippen molar-refractivity contribution < 1.29 is 5.11 Å². The van der Waals surface area contributed by atoms with Crippen LogP contribution in [0.4, 0.5) is 0 Å². The highest BCUT2D eigenvalue weighted by atomic mass is 16.3. The van der Waals surface area contributed by atoms with Gasteiger partial charge in [-0.05, 0) is 64.5 Å². The molecule has 2 N–H and O–H groups in total. The summed E-state index contributed by atoms with van der Waals surface area (Å²) in [6, 6.07) is 0.933.